The molecule has 0 heterocycles. The maximum Gasteiger partial charge on any atom is 0.407 e. The number of hydrogen-bond acceptors (Lipinski definition) is 3. The molecule has 4 aliphatic rings. The molecule has 0 saturated heterocycles. The summed E-state index contributed by atoms with van der Waals surface area (Å²) in [7, 11) is 0. The van der Waals surface area contributed by atoms with Crippen LogP contribution in [0.4, 0.5) is 4.79 Å². The second-order valence-electron chi connectivity index (χ2n) is 15.4. The monoisotopic (exact) mass is 541 g/mol. The predicted octanol–water partition coefficient (Wildman–Crippen LogP) is 9.13. The normalized spacial score (nSPS) is 39.2. The molecular weight excluding hydrogens is 482 g/mol. The van der Waals surface area contributed by atoms with Crippen molar-refractivity contribution in [2.45, 2.75) is 139 Å². The van der Waals surface area contributed by atoms with E-state index in [2.05, 4.69) is 52.9 Å². The maximum absolute atomic E-state index is 12.5. The number of hydrogen-bond donors (Lipinski definition) is 1. The topological polar surface area (TPSA) is 55.4 Å². The summed E-state index contributed by atoms with van der Waals surface area (Å²) >= 11 is 0. The third-order valence-electron chi connectivity index (χ3n) is 12.7. The minimum atomic E-state index is -0.436. The highest BCUT2D eigenvalue weighted by molar-refractivity contribution is 5.85. The number of amides is 1. The highest BCUT2D eigenvalue weighted by Crippen LogP contribution is 2.72. The van der Waals surface area contributed by atoms with Gasteiger partial charge < -0.3 is 10.1 Å². The molecule has 1 N–H and O–H groups in total. The zero-order valence-corrected chi connectivity index (χ0v) is 26.5. The molecule has 9 atom stereocenters. The largest absolute Gasteiger partial charge is 0.446 e. The number of ketones is 1. The Kier molecular flexibility index (Phi) is 9.34. The third kappa shape index (κ3) is 5.87. The molecule has 1 unspecified atom stereocenters. The molecule has 0 radical (unpaired) electrons. The van der Waals surface area contributed by atoms with E-state index in [4.69, 9.17) is 4.74 Å². The van der Waals surface area contributed by atoms with Gasteiger partial charge in [-0.2, -0.15) is 0 Å². The van der Waals surface area contributed by atoms with Crippen molar-refractivity contribution >= 4 is 11.9 Å². The molecule has 0 aromatic carbocycles. The maximum atomic E-state index is 12.5. The van der Waals surface area contributed by atoms with Crippen molar-refractivity contribution in [1.29, 1.82) is 0 Å². The van der Waals surface area contributed by atoms with Gasteiger partial charge >= 0.3 is 6.09 Å². The van der Waals surface area contributed by atoms with Gasteiger partial charge in [-0.25, -0.2) is 4.79 Å². The number of rotatable bonds is 10. The number of carbonyl (C=O) groups excluding carboxylic acids is 2. The van der Waals surface area contributed by atoms with Gasteiger partial charge in [0.05, 0.1) is 6.54 Å². The van der Waals surface area contributed by atoms with Crippen LogP contribution in [-0.4, -0.2) is 24.5 Å². The lowest BCUT2D eigenvalue weighted by Crippen LogP contribution is -2.56. The smallest absolute Gasteiger partial charge is 0.407 e. The van der Waals surface area contributed by atoms with E-state index in [1.807, 2.05) is 13.8 Å². The van der Waals surface area contributed by atoms with Gasteiger partial charge in [0.25, 0.3) is 0 Å². The second kappa shape index (κ2) is 11.9. The van der Waals surface area contributed by atoms with E-state index in [-0.39, 0.29) is 29.8 Å². The minimum Gasteiger partial charge on any atom is -0.446 e. The molecule has 3 saturated carbocycles. The fourth-order valence-electron chi connectivity index (χ4n) is 10.2. The van der Waals surface area contributed by atoms with Gasteiger partial charge in [0.1, 0.15) is 6.10 Å². The first-order chi connectivity index (χ1) is 18.3. The van der Waals surface area contributed by atoms with Crippen LogP contribution in [0.25, 0.3) is 0 Å². The van der Waals surface area contributed by atoms with Gasteiger partial charge in [-0.15, -0.1) is 0 Å². The fourth-order valence-corrected chi connectivity index (χ4v) is 10.2. The molecule has 0 bridgehead atoms. The van der Waals surface area contributed by atoms with Crippen molar-refractivity contribution in [1.82, 2.24) is 5.32 Å². The van der Waals surface area contributed by atoms with E-state index < -0.39 is 6.09 Å². The SMILES string of the molecule is CCC(C)C(=O)CNC(=O)O[C@H]1CC[C@@]2(C)C(=CC[C@@]3(C)[C@@H]4CC[C@H]([C@H](C)CCCC(C)C)[C@@]4(C)CC[C@@H]32)C1. The van der Waals surface area contributed by atoms with Crippen molar-refractivity contribution in [3.63, 3.8) is 0 Å². The fraction of sp³-hybridized carbons (Fsp3) is 0.886. The molecule has 4 nitrogen and oxygen atoms in total. The summed E-state index contributed by atoms with van der Waals surface area (Å²) in [5, 5.41) is 2.71. The van der Waals surface area contributed by atoms with Crippen LogP contribution in [0.2, 0.25) is 0 Å². The van der Waals surface area contributed by atoms with E-state index >= 15 is 0 Å². The second-order valence-corrected chi connectivity index (χ2v) is 15.4. The Labute approximate surface area is 239 Å². The Balaban J connectivity index is 1.40. The molecule has 4 aliphatic carbocycles. The molecule has 0 aromatic heterocycles. The van der Waals surface area contributed by atoms with E-state index in [9.17, 15) is 9.59 Å². The molecule has 4 rings (SSSR count). The Bertz CT molecular complexity index is 925. The van der Waals surface area contributed by atoms with Crippen molar-refractivity contribution < 1.29 is 14.3 Å². The zero-order valence-electron chi connectivity index (χ0n) is 26.5. The molecule has 0 aliphatic heterocycles. The molecular formula is C35H59NO3. The quantitative estimate of drug-likeness (QED) is 0.281. The van der Waals surface area contributed by atoms with Crippen LogP contribution in [0.3, 0.4) is 0 Å². The molecule has 3 fully saturated rings. The van der Waals surface area contributed by atoms with Crippen LogP contribution < -0.4 is 5.32 Å². The van der Waals surface area contributed by atoms with Gasteiger partial charge in [0.15, 0.2) is 5.78 Å². The van der Waals surface area contributed by atoms with Crippen molar-refractivity contribution in [2.75, 3.05) is 6.54 Å². The van der Waals surface area contributed by atoms with Crippen LogP contribution >= 0.6 is 0 Å². The minimum absolute atomic E-state index is 0.0250. The zero-order chi connectivity index (χ0) is 28.6. The number of alkyl carbamates (subject to hydrolysis) is 1. The highest BCUT2D eigenvalue weighted by atomic mass is 16.6. The summed E-state index contributed by atoms with van der Waals surface area (Å²) in [5.74, 6) is 4.12. The lowest BCUT2D eigenvalue weighted by Gasteiger charge is -2.63. The number of nitrogens with one attached hydrogen (secondary N) is 1. The molecule has 39 heavy (non-hydrogen) atoms. The Hall–Kier alpha value is -1.32. The van der Waals surface area contributed by atoms with E-state index in [0.29, 0.717) is 10.8 Å². The van der Waals surface area contributed by atoms with Crippen molar-refractivity contribution in [3.05, 3.63) is 11.6 Å². The van der Waals surface area contributed by atoms with E-state index in [1.54, 1.807) is 0 Å². The van der Waals surface area contributed by atoms with E-state index in [0.717, 1.165) is 55.3 Å². The first-order valence-electron chi connectivity index (χ1n) is 16.5. The first-order valence-corrected chi connectivity index (χ1v) is 16.5. The van der Waals surface area contributed by atoms with Crippen LogP contribution in [-0.2, 0) is 9.53 Å². The number of carbonyl (C=O) groups is 2. The summed E-state index contributed by atoms with van der Waals surface area (Å²) < 4.78 is 5.84. The molecule has 0 spiro atoms. The molecule has 222 valence electrons. The van der Waals surface area contributed by atoms with Gasteiger partial charge in [-0.1, -0.05) is 86.3 Å². The highest BCUT2D eigenvalue weighted by Gasteiger charge is 2.64. The molecule has 1 amide bonds. The summed E-state index contributed by atoms with van der Waals surface area (Å²) in [6.45, 7) is 19.1. The van der Waals surface area contributed by atoms with Gasteiger partial charge in [0.2, 0.25) is 0 Å². The van der Waals surface area contributed by atoms with Crippen molar-refractivity contribution in [3.8, 4) is 0 Å². The molecule has 0 aromatic rings. The van der Waals surface area contributed by atoms with Gasteiger partial charge in [-0.05, 0) is 97.2 Å². The standard InChI is InChI=1S/C35H59NO3/c1-9-24(4)29(37)22-36-32(38)39-27-16-19-33(6)26(21-27)15-18-35(8)30-14-13-28(25(5)12-10-11-23(2)3)34(30,7)20-17-31(33)35/h15,23-25,27-28,30-31H,9-14,16-22H2,1-8H3,(H,36,38)/t24?,25-,27+,28-,30-,31-,33+,34-,35+/m1/s1. The van der Waals surface area contributed by atoms with Crippen LogP contribution in [0.15, 0.2) is 11.6 Å². The summed E-state index contributed by atoms with van der Waals surface area (Å²) in [4.78, 5) is 24.6. The molecule has 4 heteroatoms. The lowest BCUT2D eigenvalue weighted by molar-refractivity contribution is -0.121. The first kappa shape index (κ1) is 30.6. The Morgan fingerprint density at radius 1 is 0.974 bits per heavy atom. The van der Waals surface area contributed by atoms with E-state index in [1.165, 1.54) is 56.9 Å². The van der Waals surface area contributed by atoms with Crippen LogP contribution in [0.1, 0.15) is 132 Å². The van der Waals surface area contributed by atoms with Gasteiger partial charge in [-0.3, -0.25) is 4.79 Å². The Morgan fingerprint density at radius 2 is 1.72 bits per heavy atom. The van der Waals surface area contributed by atoms with Crippen molar-refractivity contribution in [2.24, 2.45) is 51.8 Å². The van der Waals surface area contributed by atoms with Crippen LogP contribution in [0.5, 0.6) is 0 Å². The summed E-state index contributed by atoms with van der Waals surface area (Å²) in [6.07, 6.45) is 16.6. The average Bonchev–Trinajstić information content (AvgIpc) is 3.25. The summed E-state index contributed by atoms with van der Waals surface area (Å²) in [5.41, 5.74) is 2.61. The van der Waals surface area contributed by atoms with Crippen LogP contribution in [0, 0.1) is 51.8 Å². The van der Waals surface area contributed by atoms with Gasteiger partial charge in [0, 0.05) is 12.3 Å². The third-order valence-corrected chi connectivity index (χ3v) is 12.7. The number of allylic oxidation sites excluding steroid dienone is 1. The number of Topliss-reactive ketones (excluding diaryl/α,β-unsaturated/α-hetero) is 1. The number of ether oxygens (including phenoxy) is 1. The summed E-state index contributed by atoms with van der Waals surface area (Å²) in [6, 6.07) is 0. The number of fused-ring (bicyclic) bond motifs is 5. The lowest BCUT2D eigenvalue weighted by atomic mass is 9.41. The Morgan fingerprint density at radius 3 is 2.41 bits per heavy atom. The average molecular weight is 542 g/mol. The predicted molar refractivity (Wildman–Crippen MR) is 160 cm³/mol.